The first kappa shape index (κ1) is 34.8. The van der Waals surface area contributed by atoms with Gasteiger partial charge in [0.15, 0.2) is 0 Å². The predicted octanol–water partition coefficient (Wildman–Crippen LogP) is 6.48. The molecule has 0 saturated heterocycles. The maximum atomic E-state index is 7.50. The van der Waals surface area contributed by atoms with E-state index in [2.05, 4.69) is 194 Å². The molecule has 0 bridgehead atoms. The van der Waals surface area contributed by atoms with Crippen molar-refractivity contribution in [2.24, 2.45) is 0 Å². The Morgan fingerprint density at radius 1 is 0.558 bits per heavy atom. The third kappa shape index (κ3) is 9.40. The molecule has 43 heavy (non-hydrogen) atoms. The molecule has 5 aromatic rings. The SMILES string of the molecule is S=C[S-].[B]1N(CP(c2ccccc2)c2ccccc2)c2ccccc2N1CP(c1ccccc1)c1ccccc1.[C-]#[O+].[Os+]. The number of para-hydroxylation sites is 2. The Labute approximate surface area is 282 Å². The summed E-state index contributed by atoms with van der Waals surface area (Å²) in [6, 6.07) is 52.8. The predicted molar refractivity (Wildman–Crippen MR) is 190 cm³/mol. The molecule has 0 unspecified atom stereocenters. The average molecular weight is 809 g/mol. The smallest absolute Gasteiger partial charge is 1.00 e. The van der Waals surface area contributed by atoms with E-state index in [9.17, 15) is 0 Å². The van der Waals surface area contributed by atoms with Crippen LogP contribution in [0, 0.1) is 6.65 Å². The molecule has 2 radical (unpaired) electrons. The summed E-state index contributed by atoms with van der Waals surface area (Å²) in [7, 11) is 1.27. The standard InChI is InChI=1S/C32H28BN2P2.CO.CH2S2.Os/c1-5-15-27(16-6-1)36(28-17-7-2-8-18-28)25-34-31-23-13-14-24-32(31)35(33-34)26-37(29-19-9-3-10-20-29)30-21-11-4-12-22-30;1-2;2-1-3;/h1-24H,25-26H2;;1H,(H,2,3);/q;;;+1/p-1. The monoisotopic (exact) mass is 810 g/mol. The number of anilines is 2. The van der Waals surface area contributed by atoms with Gasteiger partial charge in [-0.1, -0.05) is 133 Å². The minimum atomic E-state index is -0.540. The third-order valence-electron chi connectivity index (χ3n) is 6.64. The molecule has 0 fully saturated rings. The minimum Gasteiger partial charge on any atom is 1.00 e. The van der Waals surface area contributed by atoms with Crippen LogP contribution in [0.1, 0.15) is 0 Å². The van der Waals surface area contributed by atoms with Crippen LogP contribution in [-0.4, -0.2) is 24.8 Å². The van der Waals surface area contributed by atoms with E-state index in [-0.39, 0.29) is 19.8 Å². The van der Waals surface area contributed by atoms with Crippen molar-refractivity contribution in [1.82, 2.24) is 0 Å². The van der Waals surface area contributed by atoms with Gasteiger partial charge in [-0.3, -0.25) is 0 Å². The molecule has 3 nitrogen and oxygen atoms in total. The molecular formula is C34H29BN2OOsP2S2. The van der Waals surface area contributed by atoms with Crippen molar-refractivity contribution < 1.29 is 24.4 Å². The van der Waals surface area contributed by atoms with Crippen molar-refractivity contribution >= 4 is 85.5 Å². The summed E-state index contributed by atoms with van der Waals surface area (Å²) in [5.74, 6) is 0. The third-order valence-corrected chi connectivity index (χ3v) is 11.5. The van der Waals surface area contributed by atoms with Gasteiger partial charge in [0, 0.05) is 23.9 Å². The zero-order valence-electron chi connectivity index (χ0n) is 23.3. The molecule has 9 heteroatoms. The van der Waals surface area contributed by atoms with Gasteiger partial charge >= 0.3 is 38.6 Å². The number of rotatable bonds is 8. The van der Waals surface area contributed by atoms with Crippen molar-refractivity contribution in [3.05, 3.63) is 152 Å². The number of nitrogens with zero attached hydrogens (tertiary/aromatic N) is 2. The summed E-state index contributed by atoms with van der Waals surface area (Å²) < 4.78 is 8.67. The van der Waals surface area contributed by atoms with Crippen LogP contribution in [0.25, 0.3) is 0 Å². The fourth-order valence-electron chi connectivity index (χ4n) is 4.83. The molecule has 1 heterocycles. The Kier molecular flexibility index (Phi) is 15.3. The Hall–Kier alpha value is -2.69. The van der Waals surface area contributed by atoms with Gasteiger partial charge in [-0.05, 0) is 49.2 Å². The van der Waals surface area contributed by atoms with Gasteiger partial charge in [0.25, 0.3) is 0 Å². The van der Waals surface area contributed by atoms with E-state index in [1.165, 1.54) is 37.3 Å². The first-order valence-electron chi connectivity index (χ1n) is 13.3. The Bertz CT molecular complexity index is 1350. The molecule has 5 aromatic carbocycles. The van der Waals surface area contributed by atoms with Gasteiger partial charge in [0.1, 0.15) is 0 Å². The maximum absolute atomic E-state index is 7.50. The molecule has 0 aliphatic carbocycles. The number of hydrogen-bond acceptors (Lipinski definition) is 4. The van der Waals surface area contributed by atoms with Gasteiger partial charge in [0.05, 0.1) is 0 Å². The molecule has 0 atom stereocenters. The van der Waals surface area contributed by atoms with Crippen LogP contribution in [-0.2, 0) is 37.1 Å². The van der Waals surface area contributed by atoms with Crippen molar-refractivity contribution in [3.63, 3.8) is 0 Å². The average Bonchev–Trinajstić information content (AvgIpc) is 3.42. The van der Waals surface area contributed by atoms with Crippen molar-refractivity contribution in [3.8, 4) is 0 Å². The summed E-state index contributed by atoms with van der Waals surface area (Å²) in [5.41, 5.74) is 2.58. The summed E-state index contributed by atoms with van der Waals surface area (Å²) in [6.45, 7) is 4.50. The topological polar surface area (TPSA) is 26.4 Å². The van der Waals surface area contributed by atoms with Crippen LogP contribution in [0.4, 0.5) is 11.4 Å². The van der Waals surface area contributed by atoms with Crippen LogP contribution in [0.15, 0.2) is 146 Å². The summed E-state index contributed by atoms with van der Waals surface area (Å²) in [4.78, 5) is 4.95. The van der Waals surface area contributed by atoms with Gasteiger partial charge in [0.2, 0.25) is 0 Å². The Morgan fingerprint density at radius 3 is 1.05 bits per heavy atom. The Morgan fingerprint density at radius 2 is 0.791 bits per heavy atom. The van der Waals surface area contributed by atoms with Crippen LogP contribution in [0.5, 0.6) is 0 Å². The number of thiocarbonyl (C=S) groups is 1. The van der Waals surface area contributed by atoms with E-state index in [4.69, 9.17) is 4.65 Å². The molecular weight excluding hydrogens is 780 g/mol. The summed E-state index contributed by atoms with van der Waals surface area (Å²) >= 11 is 8.17. The van der Waals surface area contributed by atoms with Crippen molar-refractivity contribution in [2.75, 3.05) is 22.2 Å². The molecule has 0 N–H and O–H groups in total. The molecule has 6 rings (SSSR count). The first-order chi connectivity index (χ1) is 20.8. The minimum absolute atomic E-state index is 0. The van der Waals surface area contributed by atoms with E-state index in [0.29, 0.717) is 0 Å². The quantitative estimate of drug-likeness (QED) is 0.0449. The van der Waals surface area contributed by atoms with Crippen LogP contribution in [0.2, 0.25) is 0 Å². The molecule has 0 spiro atoms. The second kappa shape index (κ2) is 18.9. The molecule has 1 aliphatic heterocycles. The fraction of sp³-hybridized carbons (Fsp3) is 0.0588. The van der Waals surface area contributed by atoms with Gasteiger partial charge in [-0.15, -0.1) is 0 Å². The maximum Gasteiger partial charge on any atom is 1.00 e. The second-order valence-electron chi connectivity index (χ2n) is 9.12. The molecule has 214 valence electrons. The molecule has 0 aromatic heterocycles. The normalized spacial score (nSPS) is 11.2. The molecule has 0 saturated carbocycles. The van der Waals surface area contributed by atoms with E-state index >= 15 is 0 Å². The van der Waals surface area contributed by atoms with E-state index in [1.54, 1.807) is 0 Å². The Balaban J connectivity index is 0.000000796. The summed E-state index contributed by atoms with van der Waals surface area (Å²) in [6.07, 6.45) is 1.90. The van der Waals surface area contributed by atoms with Crippen LogP contribution >= 0.6 is 28.1 Å². The number of fused-ring (bicyclic) bond motifs is 1. The second-order valence-corrected chi connectivity index (χ2v) is 14.2. The van der Waals surface area contributed by atoms with Gasteiger partial charge < -0.3 is 34.5 Å². The van der Waals surface area contributed by atoms with Crippen LogP contribution < -0.4 is 30.8 Å². The van der Waals surface area contributed by atoms with Crippen molar-refractivity contribution in [2.45, 2.75) is 0 Å². The fourth-order valence-corrected chi connectivity index (χ4v) is 9.27. The van der Waals surface area contributed by atoms with E-state index < -0.39 is 15.8 Å². The van der Waals surface area contributed by atoms with E-state index in [1.807, 2.05) is 0 Å². The van der Waals surface area contributed by atoms with Crippen molar-refractivity contribution in [1.29, 1.82) is 0 Å². The van der Waals surface area contributed by atoms with Gasteiger partial charge in [-0.25, -0.2) is 0 Å². The largest absolute Gasteiger partial charge is 1.00 e. The zero-order chi connectivity index (χ0) is 29.6. The van der Waals surface area contributed by atoms with Gasteiger partial charge in [-0.2, -0.15) is 4.70 Å². The number of hydrogen-bond donors (Lipinski definition) is 0. The summed E-state index contributed by atoms with van der Waals surface area (Å²) in [5, 5.41) is 5.63. The van der Waals surface area contributed by atoms with E-state index in [0.717, 1.165) is 12.6 Å². The zero-order valence-corrected chi connectivity index (χ0v) is 29.3. The molecule has 1 aliphatic rings. The first-order valence-corrected chi connectivity index (χ1v) is 17.3. The number of benzene rings is 5. The van der Waals surface area contributed by atoms with Crippen LogP contribution in [0.3, 0.4) is 0 Å². The molecule has 0 amide bonds.